The van der Waals surface area contributed by atoms with E-state index in [0.29, 0.717) is 6.54 Å². The van der Waals surface area contributed by atoms with Gasteiger partial charge in [0.05, 0.1) is 5.69 Å². The zero-order chi connectivity index (χ0) is 16.6. The van der Waals surface area contributed by atoms with Crippen LogP contribution in [0.5, 0.6) is 0 Å². The quantitative estimate of drug-likeness (QED) is 0.801. The van der Waals surface area contributed by atoms with Gasteiger partial charge in [0, 0.05) is 37.5 Å². The minimum Gasteiger partial charge on any atom is -0.378 e. The molecule has 0 bridgehead atoms. The molecule has 3 rings (SSSR count). The second kappa shape index (κ2) is 5.92. The highest BCUT2D eigenvalue weighted by Crippen LogP contribution is 2.38. The molecule has 118 valence electrons. The summed E-state index contributed by atoms with van der Waals surface area (Å²) in [5.41, 5.74) is 6.19. The Kier molecular flexibility index (Phi) is 3.95. The van der Waals surface area contributed by atoms with Crippen molar-refractivity contribution in [2.75, 3.05) is 30.4 Å². The molecule has 1 amide bonds. The zero-order valence-electron chi connectivity index (χ0n) is 14.1. The molecule has 1 heterocycles. The molecule has 1 aliphatic rings. The van der Waals surface area contributed by atoms with Gasteiger partial charge in [0.1, 0.15) is 0 Å². The fraction of sp³-hybridized carbons (Fsp3) is 0.250. The summed E-state index contributed by atoms with van der Waals surface area (Å²) in [6.45, 7) is 4.75. The minimum atomic E-state index is 0.0878. The predicted molar refractivity (Wildman–Crippen MR) is 97.8 cm³/mol. The third kappa shape index (κ3) is 2.74. The van der Waals surface area contributed by atoms with Gasteiger partial charge in [0.2, 0.25) is 0 Å². The number of rotatable bonds is 3. The third-order valence-electron chi connectivity index (χ3n) is 4.25. The fourth-order valence-corrected chi connectivity index (χ4v) is 2.96. The molecule has 0 saturated heterocycles. The Morgan fingerprint density at radius 3 is 2.39 bits per heavy atom. The van der Waals surface area contributed by atoms with Gasteiger partial charge in [-0.1, -0.05) is 23.8 Å². The smallest absolute Gasteiger partial charge is 0.258 e. The van der Waals surface area contributed by atoms with Gasteiger partial charge in [-0.05, 0) is 49.8 Å². The summed E-state index contributed by atoms with van der Waals surface area (Å²) in [4.78, 5) is 16.6. The van der Waals surface area contributed by atoms with Crippen LogP contribution in [0.1, 0.15) is 23.6 Å². The van der Waals surface area contributed by atoms with E-state index < -0.39 is 0 Å². The van der Waals surface area contributed by atoms with E-state index in [1.807, 2.05) is 38.1 Å². The molecule has 0 saturated carbocycles. The predicted octanol–water partition coefficient (Wildman–Crippen LogP) is 3.97. The van der Waals surface area contributed by atoms with Crippen molar-refractivity contribution >= 4 is 28.9 Å². The molecule has 1 aliphatic heterocycles. The van der Waals surface area contributed by atoms with Gasteiger partial charge in [-0.3, -0.25) is 4.79 Å². The molecule has 0 N–H and O–H groups in total. The SMILES string of the molecule is CCN1C(=O)/C(=C\c2ccc(N(C)C)cc2)c2cc(C)ccc21. The lowest BCUT2D eigenvalue weighted by Crippen LogP contribution is -2.25. The lowest BCUT2D eigenvalue weighted by molar-refractivity contribution is -0.112. The van der Waals surface area contributed by atoms with Gasteiger partial charge in [-0.15, -0.1) is 0 Å². The molecule has 3 nitrogen and oxygen atoms in total. The van der Waals surface area contributed by atoms with E-state index in [2.05, 4.69) is 48.2 Å². The first kappa shape index (κ1) is 15.3. The normalized spacial score (nSPS) is 15.2. The Labute approximate surface area is 137 Å². The number of likely N-dealkylation sites (N-methyl/N-ethyl adjacent to an activating group) is 1. The summed E-state index contributed by atoms with van der Waals surface area (Å²) >= 11 is 0. The van der Waals surface area contributed by atoms with Crippen LogP contribution in [0.25, 0.3) is 11.6 Å². The monoisotopic (exact) mass is 306 g/mol. The Balaban J connectivity index is 2.05. The van der Waals surface area contributed by atoms with Gasteiger partial charge in [-0.2, -0.15) is 0 Å². The van der Waals surface area contributed by atoms with Crippen LogP contribution in [0.3, 0.4) is 0 Å². The first-order valence-electron chi connectivity index (χ1n) is 7.93. The van der Waals surface area contributed by atoms with E-state index in [9.17, 15) is 4.79 Å². The molecule has 0 unspecified atom stereocenters. The van der Waals surface area contributed by atoms with Crippen molar-refractivity contribution in [1.82, 2.24) is 0 Å². The molecule has 23 heavy (non-hydrogen) atoms. The van der Waals surface area contributed by atoms with Crippen molar-refractivity contribution in [1.29, 1.82) is 0 Å². The fourth-order valence-electron chi connectivity index (χ4n) is 2.96. The summed E-state index contributed by atoms with van der Waals surface area (Å²) in [5.74, 6) is 0.0878. The molecule has 0 radical (unpaired) electrons. The topological polar surface area (TPSA) is 23.6 Å². The zero-order valence-corrected chi connectivity index (χ0v) is 14.1. The Morgan fingerprint density at radius 1 is 1.09 bits per heavy atom. The largest absolute Gasteiger partial charge is 0.378 e. The molecule has 0 spiro atoms. The number of carbonyl (C=O) groups is 1. The van der Waals surface area contributed by atoms with E-state index in [0.717, 1.165) is 28.1 Å². The van der Waals surface area contributed by atoms with E-state index in [1.54, 1.807) is 0 Å². The van der Waals surface area contributed by atoms with Crippen LogP contribution in [0.2, 0.25) is 0 Å². The second-order valence-corrected chi connectivity index (χ2v) is 6.11. The maximum absolute atomic E-state index is 12.7. The summed E-state index contributed by atoms with van der Waals surface area (Å²) < 4.78 is 0. The van der Waals surface area contributed by atoms with Crippen LogP contribution < -0.4 is 9.80 Å². The van der Waals surface area contributed by atoms with Crippen molar-refractivity contribution in [3.63, 3.8) is 0 Å². The van der Waals surface area contributed by atoms with Crippen molar-refractivity contribution in [3.8, 4) is 0 Å². The Bertz CT molecular complexity index is 773. The van der Waals surface area contributed by atoms with Crippen molar-refractivity contribution < 1.29 is 4.79 Å². The standard InChI is InChI=1S/C20H22N2O/c1-5-22-19-11-6-14(2)12-17(19)18(20(22)23)13-15-7-9-16(10-8-15)21(3)4/h6-13H,5H2,1-4H3/b18-13-. The molecule has 0 atom stereocenters. The number of carbonyl (C=O) groups excluding carboxylic acids is 1. The lowest BCUT2D eigenvalue weighted by atomic mass is 10.0. The molecule has 2 aromatic carbocycles. The van der Waals surface area contributed by atoms with Crippen molar-refractivity contribution in [2.24, 2.45) is 0 Å². The minimum absolute atomic E-state index is 0.0878. The van der Waals surface area contributed by atoms with E-state index in [4.69, 9.17) is 0 Å². The van der Waals surface area contributed by atoms with E-state index in [-0.39, 0.29) is 5.91 Å². The number of amides is 1. The summed E-state index contributed by atoms with van der Waals surface area (Å²) in [7, 11) is 4.04. The Morgan fingerprint density at radius 2 is 1.78 bits per heavy atom. The second-order valence-electron chi connectivity index (χ2n) is 6.11. The van der Waals surface area contributed by atoms with Crippen molar-refractivity contribution in [3.05, 3.63) is 59.2 Å². The number of aryl methyl sites for hydroxylation is 1. The molecule has 0 aromatic heterocycles. The third-order valence-corrected chi connectivity index (χ3v) is 4.25. The van der Waals surface area contributed by atoms with Crippen LogP contribution in [-0.4, -0.2) is 26.5 Å². The van der Waals surface area contributed by atoms with Gasteiger partial charge in [0.25, 0.3) is 5.91 Å². The van der Waals surface area contributed by atoms with Gasteiger partial charge < -0.3 is 9.80 Å². The first-order chi connectivity index (χ1) is 11.0. The maximum atomic E-state index is 12.7. The average molecular weight is 306 g/mol. The molecule has 0 aliphatic carbocycles. The van der Waals surface area contributed by atoms with Gasteiger partial charge in [-0.25, -0.2) is 0 Å². The van der Waals surface area contributed by atoms with Crippen LogP contribution >= 0.6 is 0 Å². The molecule has 3 heteroatoms. The highest BCUT2D eigenvalue weighted by Gasteiger charge is 2.31. The average Bonchev–Trinajstić information content (AvgIpc) is 2.79. The highest BCUT2D eigenvalue weighted by atomic mass is 16.2. The summed E-state index contributed by atoms with van der Waals surface area (Å²) in [6, 6.07) is 14.5. The number of hydrogen-bond acceptors (Lipinski definition) is 2. The Hall–Kier alpha value is -2.55. The number of anilines is 2. The summed E-state index contributed by atoms with van der Waals surface area (Å²) in [6.07, 6.45) is 2.00. The molecule has 0 fully saturated rings. The number of benzene rings is 2. The van der Waals surface area contributed by atoms with Crippen LogP contribution in [0, 0.1) is 6.92 Å². The van der Waals surface area contributed by atoms with Crippen molar-refractivity contribution in [2.45, 2.75) is 13.8 Å². The van der Waals surface area contributed by atoms with Gasteiger partial charge >= 0.3 is 0 Å². The lowest BCUT2D eigenvalue weighted by Gasteiger charge is -2.13. The number of nitrogens with zero attached hydrogens (tertiary/aromatic N) is 2. The van der Waals surface area contributed by atoms with Crippen LogP contribution in [0.15, 0.2) is 42.5 Å². The molecular weight excluding hydrogens is 284 g/mol. The first-order valence-corrected chi connectivity index (χ1v) is 7.93. The summed E-state index contributed by atoms with van der Waals surface area (Å²) in [5, 5.41) is 0. The van der Waals surface area contributed by atoms with E-state index in [1.165, 1.54) is 5.56 Å². The maximum Gasteiger partial charge on any atom is 0.258 e. The number of hydrogen-bond donors (Lipinski definition) is 0. The van der Waals surface area contributed by atoms with Gasteiger partial charge in [0.15, 0.2) is 0 Å². The highest BCUT2D eigenvalue weighted by molar-refractivity contribution is 6.35. The number of fused-ring (bicyclic) bond motifs is 1. The van der Waals surface area contributed by atoms with Crippen LogP contribution in [0.4, 0.5) is 11.4 Å². The van der Waals surface area contributed by atoms with E-state index >= 15 is 0 Å². The molecule has 2 aromatic rings. The molecular formula is C20H22N2O. The van der Waals surface area contributed by atoms with Crippen LogP contribution in [-0.2, 0) is 4.79 Å².